The van der Waals surface area contributed by atoms with Gasteiger partial charge in [-0.25, -0.2) is 0 Å². The van der Waals surface area contributed by atoms with Crippen LogP contribution >= 0.6 is 0 Å². The van der Waals surface area contributed by atoms with Crippen LogP contribution in [0, 0.1) is 5.41 Å². The smallest absolute Gasteiger partial charge is 0.303 e. The van der Waals surface area contributed by atoms with Crippen molar-refractivity contribution in [2.24, 2.45) is 5.41 Å². The van der Waals surface area contributed by atoms with Crippen LogP contribution in [-0.2, 0) is 4.79 Å². The molecule has 0 radical (unpaired) electrons. The summed E-state index contributed by atoms with van der Waals surface area (Å²) in [7, 11) is 0. The highest BCUT2D eigenvalue weighted by molar-refractivity contribution is 5.66. The molecule has 1 unspecified atom stereocenters. The largest absolute Gasteiger partial charge is 0.481 e. The molecule has 1 rings (SSSR count). The molecular weight excluding hydrogens is 204 g/mol. The molecule has 0 amide bonds. The Morgan fingerprint density at radius 3 is 2.81 bits per heavy atom. The maximum absolute atomic E-state index is 10.6. The average molecular weight is 228 g/mol. The van der Waals surface area contributed by atoms with Gasteiger partial charge in [-0.05, 0) is 18.4 Å². The number of carboxylic acids is 1. The van der Waals surface area contributed by atoms with Gasteiger partial charge in [-0.1, -0.05) is 20.8 Å². The van der Waals surface area contributed by atoms with Gasteiger partial charge in [-0.15, -0.1) is 0 Å². The Morgan fingerprint density at radius 2 is 2.25 bits per heavy atom. The molecule has 2 N–H and O–H groups in total. The predicted molar refractivity (Wildman–Crippen MR) is 64.6 cm³/mol. The molecule has 4 heteroatoms. The Bertz CT molecular complexity index is 241. The van der Waals surface area contributed by atoms with E-state index < -0.39 is 5.97 Å². The van der Waals surface area contributed by atoms with Crippen molar-refractivity contribution < 1.29 is 9.90 Å². The highest BCUT2D eigenvalue weighted by Gasteiger charge is 2.27. The minimum absolute atomic E-state index is 0.260. The van der Waals surface area contributed by atoms with E-state index in [0.29, 0.717) is 6.04 Å². The molecule has 0 spiro atoms. The molecule has 0 bridgehead atoms. The molecule has 1 atom stereocenters. The zero-order chi connectivity index (χ0) is 12.2. The first kappa shape index (κ1) is 13.5. The maximum Gasteiger partial charge on any atom is 0.303 e. The SMILES string of the molecule is CCN1CC(CCC(=O)O)NCC(C)(C)C1. The van der Waals surface area contributed by atoms with Gasteiger partial charge in [0.15, 0.2) is 0 Å². The van der Waals surface area contributed by atoms with Crippen molar-refractivity contribution >= 4 is 5.97 Å². The van der Waals surface area contributed by atoms with E-state index in [1.54, 1.807) is 0 Å². The van der Waals surface area contributed by atoms with Crippen LogP contribution < -0.4 is 5.32 Å². The van der Waals surface area contributed by atoms with Crippen LogP contribution in [0.15, 0.2) is 0 Å². The summed E-state index contributed by atoms with van der Waals surface area (Å²) in [5, 5.41) is 12.2. The summed E-state index contributed by atoms with van der Waals surface area (Å²) < 4.78 is 0. The number of nitrogens with one attached hydrogen (secondary N) is 1. The van der Waals surface area contributed by atoms with Gasteiger partial charge in [-0.2, -0.15) is 0 Å². The van der Waals surface area contributed by atoms with Gasteiger partial charge in [-0.3, -0.25) is 4.79 Å². The summed E-state index contributed by atoms with van der Waals surface area (Å²) in [5.74, 6) is -0.701. The Morgan fingerprint density at radius 1 is 1.56 bits per heavy atom. The third kappa shape index (κ3) is 4.49. The van der Waals surface area contributed by atoms with Gasteiger partial charge in [0.05, 0.1) is 0 Å². The zero-order valence-electron chi connectivity index (χ0n) is 10.6. The standard InChI is InChI=1S/C12H24N2O2/c1-4-14-7-10(5-6-11(15)16)13-8-12(2,3)9-14/h10,13H,4-9H2,1-3H3,(H,15,16). The molecule has 1 saturated heterocycles. The predicted octanol–water partition coefficient (Wildman–Crippen LogP) is 1.17. The van der Waals surface area contributed by atoms with Crippen LogP contribution in [0.1, 0.15) is 33.6 Å². The first-order valence-corrected chi connectivity index (χ1v) is 6.10. The minimum Gasteiger partial charge on any atom is -0.481 e. The van der Waals surface area contributed by atoms with Gasteiger partial charge in [0.25, 0.3) is 0 Å². The second-order valence-corrected chi connectivity index (χ2v) is 5.50. The third-order valence-electron chi connectivity index (χ3n) is 3.15. The number of rotatable bonds is 4. The van der Waals surface area contributed by atoms with Crippen LogP contribution in [0.2, 0.25) is 0 Å². The van der Waals surface area contributed by atoms with E-state index in [2.05, 4.69) is 31.0 Å². The van der Waals surface area contributed by atoms with Crippen LogP contribution in [0.3, 0.4) is 0 Å². The van der Waals surface area contributed by atoms with Crippen molar-refractivity contribution in [3.8, 4) is 0 Å². The monoisotopic (exact) mass is 228 g/mol. The number of carbonyl (C=O) groups is 1. The molecular formula is C12H24N2O2. The molecule has 0 aromatic heterocycles. The van der Waals surface area contributed by atoms with Gasteiger partial charge in [0.1, 0.15) is 0 Å². The second kappa shape index (κ2) is 5.64. The summed E-state index contributed by atoms with van der Waals surface area (Å²) in [4.78, 5) is 13.0. The zero-order valence-corrected chi connectivity index (χ0v) is 10.6. The molecule has 0 aromatic carbocycles. The number of hydrogen-bond donors (Lipinski definition) is 2. The summed E-state index contributed by atoms with van der Waals surface area (Å²) >= 11 is 0. The molecule has 1 aliphatic rings. The normalized spacial score (nSPS) is 26.3. The van der Waals surface area contributed by atoms with E-state index in [1.165, 1.54) is 0 Å². The van der Waals surface area contributed by atoms with Gasteiger partial charge in [0, 0.05) is 32.1 Å². The van der Waals surface area contributed by atoms with Crippen LogP contribution in [0.5, 0.6) is 0 Å². The number of nitrogens with zero attached hydrogens (tertiary/aromatic N) is 1. The Hall–Kier alpha value is -0.610. The molecule has 0 saturated carbocycles. The van der Waals surface area contributed by atoms with Crippen LogP contribution in [0.25, 0.3) is 0 Å². The third-order valence-corrected chi connectivity index (χ3v) is 3.15. The Kier molecular flexibility index (Phi) is 4.74. The fraction of sp³-hybridized carbons (Fsp3) is 0.917. The average Bonchev–Trinajstić information content (AvgIpc) is 2.34. The first-order valence-electron chi connectivity index (χ1n) is 6.10. The van der Waals surface area contributed by atoms with Crippen molar-refractivity contribution in [1.82, 2.24) is 10.2 Å². The molecule has 0 aromatic rings. The van der Waals surface area contributed by atoms with Crippen molar-refractivity contribution in [1.29, 1.82) is 0 Å². The molecule has 1 fully saturated rings. The fourth-order valence-electron chi connectivity index (χ4n) is 2.25. The molecule has 1 heterocycles. The van der Waals surface area contributed by atoms with Crippen LogP contribution in [-0.4, -0.2) is 48.2 Å². The van der Waals surface area contributed by atoms with Gasteiger partial charge in [0.2, 0.25) is 0 Å². The lowest BCUT2D eigenvalue weighted by Crippen LogP contribution is -2.37. The highest BCUT2D eigenvalue weighted by Crippen LogP contribution is 2.20. The fourth-order valence-corrected chi connectivity index (χ4v) is 2.25. The molecule has 0 aliphatic carbocycles. The second-order valence-electron chi connectivity index (χ2n) is 5.50. The van der Waals surface area contributed by atoms with E-state index >= 15 is 0 Å². The summed E-state index contributed by atoms with van der Waals surface area (Å²) in [6, 6.07) is 0.317. The lowest BCUT2D eigenvalue weighted by atomic mass is 9.93. The quantitative estimate of drug-likeness (QED) is 0.758. The topological polar surface area (TPSA) is 52.6 Å². The summed E-state index contributed by atoms with van der Waals surface area (Å²) in [5.41, 5.74) is 0.272. The van der Waals surface area contributed by atoms with Crippen molar-refractivity contribution in [3.05, 3.63) is 0 Å². The number of hydrogen-bond acceptors (Lipinski definition) is 3. The Balaban J connectivity index is 2.50. The van der Waals surface area contributed by atoms with Crippen molar-refractivity contribution in [3.63, 3.8) is 0 Å². The van der Waals surface area contributed by atoms with E-state index in [0.717, 1.165) is 32.6 Å². The number of carboxylic acid groups (broad SMARTS) is 1. The van der Waals surface area contributed by atoms with E-state index in [-0.39, 0.29) is 11.8 Å². The Labute approximate surface area is 98.0 Å². The van der Waals surface area contributed by atoms with Gasteiger partial charge >= 0.3 is 5.97 Å². The molecule has 16 heavy (non-hydrogen) atoms. The lowest BCUT2D eigenvalue weighted by Gasteiger charge is -2.28. The summed E-state index contributed by atoms with van der Waals surface area (Å²) in [6.07, 6.45) is 0.984. The number of likely N-dealkylation sites (N-methyl/N-ethyl adjacent to an activating group) is 1. The lowest BCUT2D eigenvalue weighted by molar-refractivity contribution is -0.137. The first-order chi connectivity index (χ1) is 7.43. The van der Waals surface area contributed by atoms with E-state index in [9.17, 15) is 4.79 Å². The van der Waals surface area contributed by atoms with Crippen LogP contribution in [0.4, 0.5) is 0 Å². The minimum atomic E-state index is -0.701. The molecule has 4 nitrogen and oxygen atoms in total. The van der Waals surface area contributed by atoms with Gasteiger partial charge < -0.3 is 15.3 Å². The molecule has 94 valence electrons. The van der Waals surface area contributed by atoms with Crippen molar-refractivity contribution in [2.45, 2.75) is 39.7 Å². The van der Waals surface area contributed by atoms with E-state index in [4.69, 9.17) is 5.11 Å². The summed E-state index contributed by atoms with van der Waals surface area (Å²) in [6.45, 7) is 10.7. The number of aliphatic carboxylic acids is 1. The van der Waals surface area contributed by atoms with E-state index in [1.807, 2.05) is 0 Å². The maximum atomic E-state index is 10.6. The highest BCUT2D eigenvalue weighted by atomic mass is 16.4. The van der Waals surface area contributed by atoms with Crippen molar-refractivity contribution in [2.75, 3.05) is 26.2 Å². The molecule has 1 aliphatic heterocycles.